The van der Waals surface area contributed by atoms with Gasteiger partial charge in [0.05, 0.1) is 13.7 Å². The number of methoxy groups -OCH3 is 1. The summed E-state index contributed by atoms with van der Waals surface area (Å²) in [4.78, 5) is 14.0. The molecular weight excluding hydrogens is 242 g/mol. The minimum absolute atomic E-state index is 0.251. The van der Waals surface area contributed by atoms with Crippen molar-refractivity contribution in [2.45, 2.75) is 26.3 Å². The Hall–Kier alpha value is -1.55. The summed E-state index contributed by atoms with van der Waals surface area (Å²) >= 11 is 0. The topological polar surface area (TPSA) is 38.8 Å². The van der Waals surface area contributed by atoms with E-state index < -0.39 is 6.04 Å². The van der Waals surface area contributed by atoms with Gasteiger partial charge in [-0.2, -0.15) is 0 Å². The van der Waals surface area contributed by atoms with E-state index in [1.54, 1.807) is 7.11 Å². The van der Waals surface area contributed by atoms with Crippen molar-refractivity contribution in [3.05, 3.63) is 29.3 Å². The molecule has 106 valence electrons. The maximum absolute atomic E-state index is 12.1. The summed E-state index contributed by atoms with van der Waals surface area (Å²) < 4.78 is 10.5. The van der Waals surface area contributed by atoms with Gasteiger partial charge in [0.1, 0.15) is 11.8 Å². The molecule has 0 saturated carbocycles. The van der Waals surface area contributed by atoms with Crippen molar-refractivity contribution in [3.8, 4) is 5.75 Å². The van der Waals surface area contributed by atoms with Gasteiger partial charge < -0.3 is 9.47 Å². The van der Waals surface area contributed by atoms with Gasteiger partial charge in [0.25, 0.3) is 0 Å². The Morgan fingerprint density at radius 3 is 2.47 bits per heavy atom. The van der Waals surface area contributed by atoms with Crippen molar-refractivity contribution in [1.29, 1.82) is 0 Å². The minimum atomic E-state index is -0.443. The quantitative estimate of drug-likeness (QED) is 0.740. The molecule has 0 N–H and O–H groups in total. The number of benzene rings is 1. The first-order valence-electron chi connectivity index (χ1n) is 6.55. The molecule has 0 aliphatic heterocycles. The Kier molecular flexibility index (Phi) is 5.83. The highest BCUT2D eigenvalue weighted by Crippen LogP contribution is 2.30. The zero-order valence-corrected chi connectivity index (χ0v) is 12.4. The van der Waals surface area contributed by atoms with Crippen LogP contribution in [0.2, 0.25) is 0 Å². The molecule has 0 amide bonds. The second-order valence-corrected chi connectivity index (χ2v) is 4.55. The zero-order chi connectivity index (χ0) is 14.4. The predicted octanol–water partition coefficient (Wildman–Crippen LogP) is 2.42. The second-order valence-electron chi connectivity index (χ2n) is 4.55. The number of carbonyl (C=O) groups is 1. The van der Waals surface area contributed by atoms with Gasteiger partial charge in [-0.25, -0.2) is 4.79 Å². The van der Waals surface area contributed by atoms with E-state index in [-0.39, 0.29) is 5.97 Å². The van der Waals surface area contributed by atoms with E-state index >= 15 is 0 Å². The van der Waals surface area contributed by atoms with E-state index in [2.05, 4.69) is 6.92 Å². The van der Waals surface area contributed by atoms with Crippen LogP contribution in [0.15, 0.2) is 18.2 Å². The van der Waals surface area contributed by atoms with Crippen molar-refractivity contribution in [2.24, 2.45) is 0 Å². The molecular formula is C15H23NO3. The summed E-state index contributed by atoms with van der Waals surface area (Å²) in [6, 6.07) is 5.49. The van der Waals surface area contributed by atoms with Gasteiger partial charge in [-0.1, -0.05) is 13.0 Å². The third-order valence-electron chi connectivity index (χ3n) is 3.02. The maximum atomic E-state index is 12.1. The number of carbonyl (C=O) groups excluding carboxylic acids is 1. The molecule has 0 aromatic heterocycles. The molecule has 1 aromatic carbocycles. The van der Waals surface area contributed by atoms with Gasteiger partial charge in [0.2, 0.25) is 0 Å². The Balaban J connectivity index is 3.23. The van der Waals surface area contributed by atoms with Gasteiger partial charge in [0.15, 0.2) is 0 Å². The molecule has 0 fully saturated rings. The number of aryl methyl sites for hydroxylation is 1. The highest BCUT2D eigenvalue weighted by molar-refractivity contribution is 5.78. The maximum Gasteiger partial charge on any atom is 0.328 e. The molecule has 1 rings (SSSR count). The van der Waals surface area contributed by atoms with Gasteiger partial charge in [0, 0.05) is 5.56 Å². The molecule has 0 bridgehead atoms. The first-order chi connectivity index (χ1) is 9.04. The normalized spacial score (nSPS) is 12.3. The van der Waals surface area contributed by atoms with E-state index in [9.17, 15) is 4.79 Å². The molecule has 1 atom stereocenters. The van der Waals surface area contributed by atoms with Crippen LogP contribution < -0.4 is 4.74 Å². The monoisotopic (exact) mass is 265 g/mol. The van der Waals surface area contributed by atoms with Crippen LogP contribution in [0.5, 0.6) is 5.75 Å². The van der Waals surface area contributed by atoms with E-state index in [1.165, 1.54) is 5.56 Å². The number of rotatable bonds is 6. The number of nitrogens with zero attached hydrogens (tertiary/aromatic N) is 1. The number of hydrogen-bond donors (Lipinski definition) is 0. The summed E-state index contributed by atoms with van der Waals surface area (Å²) in [6.07, 6.45) is 0.917. The SMILES string of the molecule is CCOC(=O)C(c1cc(CC)ccc1OC)N(C)C. The summed E-state index contributed by atoms with van der Waals surface area (Å²) in [7, 11) is 5.33. The van der Waals surface area contributed by atoms with E-state index in [4.69, 9.17) is 9.47 Å². The lowest BCUT2D eigenvalue weighted by atomic mass is 10.0. The molecule has 0 saturated heterocycles. The van der Waals surface area contributed by atoms with Gasteiger partial charge in [-0.15, -0.1) is 0 Å². The van der Waals surface area contributed by atoms with Gasteiger partial charge in [-0.3, -0.25) is 4.90 Å². The van der Waals surface area contributed by atoms with Crippen molar-refractivity contribution in [1.82, 2.24) is 4.90 Å². The molecule has 0 heterocycles. The molecule has 19 heavy (non-hydrogen) atoms. The van der Waals surface area contributed by atoms with Crippen LogP contribution in [0.3, 0.4) is 0 Å². The van der Waals surface area contributed by atoms with E-state index in [1.807, 2.05) is 44.1 Å². The lowest BCUT2D eigenvalue weighted by Crippen LogP contribution is -2.29. The van der Waals surface area contributed by atoms with Crippen LogP contribution in [-0.2, 0) is 16.0 Å². The summed E-state index contributed by atoms with van der Waals surface area (Å²) in [6.45, 7) is 4.27. The summed E-state index contributed by atoms with van der Waals surface area (Å²) in [5.41, 5.74) is 2.03. The fourth-order valence-electron chi connectivity index (χ4n) is 2.05. The first kappa shape index (κ1) is 15.5. The van der Waals surface area contributed by atoms with Gasteiger partial charge >= 0.3 is 5.97 Å². The lowest BCUT2D eigenvalue weighted by molar-refractivity contribution is -0.148. The van der Waals surface area contributed by atoms with Crippen molar-refractivity contribution in [3.63, 3.8) is 0 Å². The van der Waals surface area contributed by atoms with Crippen LogP contribution in [-0.4, -0.2) is 38.7 Å². The zero-order valence-electron chi connectivity index (χ0n) is 12.4. The number of likely N-dealkylation sites (N-methyl/N-ethyl adjacent to an activating group) is 1. The Labute approximate surface area is 115 Å². The third-order valence-corrected chi connectivity index (χ3v) is 3.02. The number of hydrogen-bond acceptors (Lipinski definition) is 4. The molecule has 0 aliphatic carbocycles. The molecule has 4 nitrogen and oxygen atoms in total. The predicted molar refractivity (Wildman–Crippen MR) is 75.4 cm³/mol. The van der Waals surface area contributed by atoms with Crippen LogP contribution >= 0.6 is 0 Å². The highest BCUT2D eigenvalue weighted by Gasteiger charge is 2.27. The van der Waals surface area contributed by atoms with Gasteiger partial charge in [-0.05, 0) is 45.1 Å². The molecule has 0 aliphatic rings. The number of ether oxygens (including phenoxy) is 2. The molecule has 1 unspecified atom stereocenters. The molecule has 1 aromatic rings. The third kappa shape index (κ3) is 3.70. The number of esters is 1. The van der Waals surface area contributed by atoms with Crippen molar-refractivity contribution in [2.75, 3.05) is 27.8 Å². The highest BCUT2D eigenvalue weighted by atomic mass is 16.5. The average Bonchev–Trinajstić information content (AvgIpc) is 2.38. The largest absolute Gasteiger partial charge is 0.496 e. The summed E-state index contributed by atoms with van der Waals surface area (Å²) in [5, 5.41) is 0. The second kappa shape index (κ2) is 7.14. The fourth-order valence-corrected chi connectivity index (χ4v) is 2.05. The Morgan fingerprint density at radius 2 is 2.00 bits per heavy atom. The van der Waals surface area contributed by atoms with Crippen molar-refractivity contribution >= 4 is 5.97 Å². The Morgan fingerprint density at radius 1 is 1.32 bits per heavy atom. The lowest BCUT2D eigenvalue weighted by Gasteiger charge is -2.24. The average molecular weight is 265 g/mol. The fraction of sp³-hybridized carbons (Fsp3) is 0.533. The first-order valence-corrected chi connectivity index (χ1v) is 6.55. The smallest absolute Gasteiger partial charge is 0.328 e. The molecule has 0 radical (unpaired) electrons. The van der Waals surface area contributed by atoms with E-state index in [0.717, 1.165) is 12.0 Å². The van der Waals surface area contributed by atoms with E-state index in [0.29, 0.717) is 12.4 Å². The van der Waals surface area contributed by atoms with Crippen LogP contribution in [0.25, 0.3) is 0 Å². The van der Waals surface area contributed by atoms with Crippen LogP contribution in [0.1, 0.15) is 31.0 Å². The molecule has 0 spiro atoms. The van der Waals surface area contributed by atoms with Crippen LogP contribution in [0.4, 0.5) is 0 Å². The minimum Gasteiger partial charge on any atom is -0.496 e. The van der Waals surface area contributed by atoms with Crippen molar-refractivity contribution < 1.29 is 14.3 Å². The molecule has 4 heteroatoms. The van der Waals surface area contributed by atoms with Crippen LogP contribution in [0, 0.1) is 0 Å². The Bertz CT molecular complexity index is 429. The summed E-state index contributed by atoms with van der Waals surface area (Å²) in [5.74, 6) is 0.461. The standard InChI is InChI=1S/C15H23NO3/c1-6-11-8-9-13(18-5)12(10-11)14(16(3)4)15(17)19-7-2/h8-10,14H,6-7H2,1-5H3.